The number of aromatic nitrogens is 5. The molecule has 0 saturated carbocycles. The van der Waals surface area contributed by atoms with Gasteiger partial charge in [-0.15, -0.1) is 10.2 Å². The highest BCUT2D eigenvalue weighted by Crippen LogP contribution is 2.20. The minimum Gasteiger partial charge on any atom is -0.380 e. The van der Waals surface area contributed by atoms with Gasteiger partial charge in [-0.1, -0.05) is 0 Å². The molecule has 2 rings (SSSR count). The number of hydrogen-bond acceptors (Lipinski definition) is 5. The largest absolute Gasteiger partial charge is 0.380 e. The number of imidazole rings is 1. The molecule has 0 spiro atoms. The Morgan fingerprint density at radius 1 is 1.29 bits per heavy atom. The van der Waals surface area contributed by atoms with Crippen LogP contribution in [0.4, 0.5) is 5.82 Å². The lowest BCUT2D eigenvalue weighted by atomic mass is 10.4. The molecule has 0 aromatic carbocycles. The van der Waals surface area contributed by atoms with Gasteiger partial charge in [0, 0.05) is 6.04 Å². The Morgan fingerprint density at radius 2 is 2.00 bits per heavy atom. The quantitative estimate of drug-likeness (QED) is 0.718. The lowest BCUT2D eigenvalue weighted by molar-refractivity contribution is 0.592. The minimum absolute atomic E-state index is 0.288. The van der Waals surface area contributed by atoms with Crippen LogP contribution in [0, 0.1) is 6.92 Å². The second kappa shape index (κ2) is 2.90. The molecule has 6 nitrogen and oxygen atoms in total. The van der Waals surface area contributed by atoms with Crippen molar-refractivity contribution in [1.82, 2.24) is 25.0 Å². The number of nitrogen functional groups attached to an aromatic ring is 1. The molecule has 2 N–H and O–H groups in total. The molecule has 0 fully saturated rings. The molecular formula is C8H12N6. The van der Waals surface area contributed by atoms with Crippen LogP contribution < -0.4 is 5.73 Å². The van der Waals surface area contributed by atoms with Crippen LogP contribution in [0.2, 0.25) is 0 Å². The van der Waals surface area contributed by atoms with E-state index < -0.39 is 0 Å². The first-order chi connectivity index (χ1) is 6.61. The zero-order valence-electron chi connectivity index (χ0n) is 8.39. The molecule has 0 aliphatic heterocycles. The third-order valence-corrected chi connectivity index (χ3v) is 2.11. The average molecular weight is 192 g/mol. The molecule has 0 amide bonds. The second-order valence-electron chi connectivity index (χ2n) is 3.47. The molecule has 6 heteroatoms. The molecule has 74 valence electrons. The summed E-state index contributed by atoms with van der Waals surface area (Å²) in [5.74, 6) is 1.21. The molecule has 2 heterocycles. The van der Waals surface area contributed by atoms with Crippen molar-refractivity contribution in [3.05, 3.63) is 5.82 Å². The highest BCUT2D eigenvalue weighted by atomic mass is 15.4. The zero-order valence-corrected chi connectivity index (χ0v) is 8.39. The Balaban J connectivity index is 2.83. The number of rotatable bonds is 1. The van der Waals surface area contributed by atoms with Gasteiger partial charge < -0.3 is 10.3 Å². The SMILES string of the molecule is Cc1nc2c(N)nnnc2n1C(C)C. The fourth-order valence-corrected chi connectivity index (χ4v) is 1.58. The predicted octanol–water partition coefficient (Wildman–Crippen LogP) is 0.693. The number of nitrogens with two attached hydrogens (primary N) is 1. The highest BCUT2D eigenvalue weighted by molar-refractivity contribution is 5.81. The van der Waals surface area contributed by atoms with E-state index in [0.717, 1.165) is 5.82 Å². The fraction of sp³-hybridized carbons (Fsp3) is 0.500. The summed E-state index contributed by atoms with van der Waals surface area (Å²) in [5, 5.41) is 11.2. The number of hydrogen-bond donors (Lipinski definition) is 1. The third kappa shape index (κ3) is 1.11. The molecule has 0 unspecified atom stereocenters. The first-order valence-corrected chi connectivity index (χ1v) is 4.44. The second-order valence-corrected chi connectivity index (χ2v) is 3.47. The smallest absolute Gasteiger partial charge is 0.188 e. The topological polar surface area (TPSA) is 82.5 Å². The van der Waals surface area contributed by atoms with Crippen molar-refractivity contribution in [3.8, 4) is 0 Å². The summed E-state index contributed by atoms with van der Waals surface area (Å²) in [4.78, 5) is 4.31. The maximum absolute atomic E-state index is 5.65. The summed E-state index contributed by atoms with van der Waals surface area (Å²) < 4.78 is 1.99. The molecule has 0 aliphatic rings. The zero-order chi connectivity index (χ0) is 10.3. The van der Waals surface area contributed by atoms with Gasteiger partial charge in [0.05, 0.1) is 0 Å². The van der Waals surface area contributed by atoms with Gasteiger partial charge in [-0.2, -0.15) is 0 Å². The number of aryl methyl sites for hydroxylation is 1. The Labute approximate surface area is 81.1 Å². The third-order valence-electron chi connectivity index (χ3n) is 2.11. The van der Waals surface area contributed by atoms with Crippen LogP contribution in [-0.4, -0.2) is 25.0 Å². The molecule has 0 saturated heterocycles. The van der Waals surface area contributed by atoms with Crippen LogP contribution in [0.15, 0.2) is 0 Å². The van der Waals surface area contributed by atoms with E-state index in [1.807, 2.05) is 11.5 Å². The minimum atomic E-state index is 0.288. The maximum Gasteiger partial charge on any atom is 0.188 e. The van der Waals surface area contributed by atoms with Crippen LogP contribution in [0.1, 0.15) is 25.7 Å². The van der Waals surface area contributed by atoms with E-state index >= 15 is 0 Å². The van der Waals surface area contributed by atoms with Crippen LogP contribution in [0.5, 0.6) is 0 Å². The van der Waals surface area contributed by atoms with Crippen molar-refractivity contribution in [2.24, 2.45) is 0 Å². The number of nitrogens with zero attached hydrogens (tertiary/aromatic N) is 5. The number of fused-ring (bicyclic) bond motifs is 1. The van der Waals surface area contributed by atoms with Gasteiger partial charge in [-0.05, 0) is 26.0 Å². The van der Waals surface area contributed by atoms with Crippen molar-refractivity contribution in [2.75, 3.05) is 5.73 Å². The lowest BCUT2D eigenvalue weighted by Gasteiger charge is -2.08. The van der Waals surface area contributed by atoms with Crippen molar-refractivity contribution >= 4 is 17.0 Å². The summed E-state index contributed by atoms with van der Waals surface area (Å²) in [6, 6.07) is 0.288. The highest BCUT2D eigenvalue weighted by Gasteiger charge is 2.14. The van der Waals surface area contributed by atoms with Crippen molar-refractivity contribution in [2.45, 2.75) is 26.8 Å². The van der Waals surface area contributed by atoms with Crippen LogP contribution in [0.25, 0.3) is 11.2 Å². The van der Waals surface area contributed by atoms with E-state index in [9.17, 15) is 0 Å². The molecule has 0 radical (unpaired) electrons. The molecule has 0 aliphatic carbocycles. The first-order valence-electron chi connectivity index (χ1n) is 4.44. The maximum atomic E-state index is 5.65. The normalized spacial score (nSPS) is 11.4. The predicted molar refractivity (Wildman–Crippen MR) is 52.7 cm³/mol. The van der Waals surface area contributed by atoms with Crippen LogP contribution in [0.3, 0.4) is 0 Å². The average Bonchev–Trinajstić information content (AvgIpc) is 2.42. The van der Waals surface area contributed by atoms with Crippen LogP contribution >= 0.6 is 0 Å². The lowest BCUT2D eigenvalue weighted by Crippen LogP contribution is -2.05. The van der Waals surface area contributed by atoms with Gasteiger partial charge in [-0.25, -0.2) is 4.98 Å². The summed E-state index contributed by atoms with van der Waals surface area (Å²) in [7, 11) is 0. The first kappa shape index (κ1) is 8.86. The molecule has 0 bridgehead atoms. The Kier molecular flexibility index (Phi) is 1.83. The van der Waals surface area contributed by atoms with Gasteiger partial charge in [0.15, 0.2) is 17.0 Å². The summed E-state index contributed by atoms with van der Waals surface area (Å²) in [6.07, 6.45) is 0. The van der Waals surface area contributed by atoms with Crippen molar-refractivity contribution in [1.29, 1.82) is 0 Å². The van der Waals surface area contributed by atoms with Gasteiger partial charge in [-0.3, -0.25) is 0 Å². The monoisotopic (exact) mass is 192 g/mol. The Hall–Kier alpha value is -1.72. The Morgan fingerprint density at radius 3 is 2.64 bits per heavy atom. The standard InChI is InChI=1S/C8H12N6/c1-4(2)14-5(3)10-6-7(9)11-13-12-8(6)14/h4H,1-3H3,(H2,9,11,12). The van der Waals surface area contributed by atoms with Crippen molar-refractivity contribution < 1.29 is 0 Å². The molecule has 0 atom stereocenters. The summed E-state index contributed by atoms with van der Waals surface area (Å²) in [6.45, 7) is 6.04. The van der Waals surface area contributed by atoms with E-state index in [1.165, 1.54) is 0 Å². The van der Waals surface area contributed by atoms with Gasteiger partial charge >= 0.3 is 0 Å². The Bertz CT molecular complexity index is 472. The van der Waals surface area contributed by atoms with E-state index in [2.05, 4.69) is 34.2 Å². The van der Waals surface area contributed by atoms with E-state index in [4.69, 9.17) is 5.73 Å². The molecule has 2 aromatic heterocycles. The van der Waals surface area contributed by atoms with Crippen molar-refractivity contribution in [3.63, 3.8) is 0 Å². The van der Waals surface area contributed by atoms with E-state index in [1.54, 1.807) is 0 Å². The number of anilines is 1. The van der Waals surface area contributed by atoms with E-state index in [-0.39, 0.29) is 6.04 Å². The summed E-state index contributed by atoms with van der Waals surface area (Å²) in [5.41, 5.74) is 6.98. The van der Waals surface area contributed by atoms with Crippen LogP contribution in [-0.2, 0) is 0 Å². The van der Waals surface area contributed by atoms with Gasteiger partial charge in [0.25, 0.3) is 0 Å². The molecule has 2 aromatic rings. The summed E-state index contributed by atoms with van der Waals surface area (Å²) >= 11 is 0. The molecule has 14 heavy (non-hydrogen) atoms. The molecular weight excluding hydrogens is 180 g/mol. The van der Waals surface area contributed by atoms with E-state index in [0.29, 0.717) is 17.0 Å². The van der Waals surface area contributed by atoms with Gasteiger partial charge in [0.1, 0.15) is 5.82 Å². The fourth-order valence-electron chi connectivity index (χ4n) is 1.58. The van der Waals surface area contributed by atoms with Gasteiger partial charge in [0.2, 0.25) is 0 Å².